The van der Waals surface area contributed by atoms with Gasteiger partial charge in [0.1, 0.15) is 11.6 Å². The van der Waals surface area contributed by atoms with Gasteiger partial charge in [-0.2, -0.15) is 0 Å². The van der Waals surface area contributed by atoms with Crippen LogP contribution in [-0.2, 0) is 11.3 Å². The Morgan fingerprint density at radius 3 is 3.04 bits per heavy atom. The normalized spacial score (nSPS) is 32.0. The summed E-state index contributed by atoms with van der Waals surface area (Å²) in [5.74, 6) is 1.24. The fraction of sp³-hybridized carbons (Fsp3) is 0.500. The molecule has 6 nitrogen and oxygen atoms in total. The molecule has 5 rings (SSSR count). The highest BCUT2D eigenvalue weighted by Gasteiger charge is 2.62. The first kappa shape index (κ1) is 16.9. The van der Waals surface area contributed by atoms with Crippen molar-refractivity contribution in [3.05, 3.63) is 53.9 Å². The van der Waals surface area contributed by atoms with Crippen LogP contribution >= 0.6 is 0 Å². The first-order valence-electron chi connectivity index (χ1n) is 9.55. The van der Waals surface area contributed by atoms with E-state index < -0.39 is 0 Å². The number of likely N-dealkylation sites (tertiary alicyclic amines) is 1. The third-order valence-electron chi connectivity index (χ3n) is 6.39. The Balaban J connectivity index is 1.24. The first-order chi connectivity index (χ1) is 13.1. The summed E-state index contributed by atoms with van der Waals surface area (Å²) < 4.78 is 19.5. The summed E-state index contributed by atoms with van der Waals surface area (Å²) in [4.78, 5) is 22.3. The first-order valence-corrected chi connectivity index (χ1v) is 9.55. The van der Waals surface area contributed by atoms with Gasteiger partial charge in [0.15, 0.2) is 0 Å². The lowest BCUT2D eigenvalue weighted by Crippen LogP contribution is -2.41. The molecule has 1 spiro atoms. The van der Waals surface area contributed by atoms with Gasteiger partial charge in [0.25, 0.3) is 5.91 Å². The minimum atomic E-state index is -0.336. The molecule has 0 unspecified atom stereocenters. The number of benzene rings is 1. The zero-order valence-electron chi connectivity index (χ0n) is 15.0. The molecule has 2 aromatic rings. The van der Waals surface area contributed by atoms with Crippen molar-refractivity contribution in [1.82, 2.24) is 20.2 Å². The third kappa shape index (κ3) is 2.95. The van der Waals surface area contributed by atoms with Crippen molar-refractivity contribution in [2.24, 2.45) is 11.8 Å². The molecular weight excluding hydrogens is 347 g/mol. The molecule has 1 aromatic carbocycles. The average molecular weight is 370 g/mol. The van der Waals surface area contributed by atoms with E-state index in [9.17, 15) is 9.18 Å². The number of fused-ring (bicyclic) bond motifs is 1. The molecule has 2 N–H and O–H groups in total. The minimum Gasteiger partial charge on any atom is -0.370 e. The molecule has 3 aliphatic rings. The fourth-order valence-corrected chi connectivity index (χ4v) is 5.19. The molecule has 27 heavy (non-hydrogen) atoms. The van der Waals surface area contributed by atoms with E-state index in [4.69, 9.17) is 4.74 Å². The maximum absolute atomic E-state index is 13.0. The highest BCUT2D eigenvalue weighted by atomic mass is 19.1. The molecule has 3 saturated heterocycles. The number of rotatable bonds is 5. The SMILES string of the molecule is O=C(NC[C@H]1[C@H]2CN(Cc3ncc[nH]3)C[C@]23CC[C@H]1O3)c1ccc(F)cc1. The summed E-state index contributed by atoms with van der Waals surface area (Å²) in [5.41, 5.74) is 0.420. The van der Waals surface area contributed by atoms with Gasteiger partial charge in [0.05, 0.1) is 18.2 Å². The number of nitrogens with one attached hydrogen (secondary N) is 2. The Morgan fingerprint density at radius 1 is 1.41 bits per heavy atom. The molecule has 7 heteroatoms. The van der Waals surface area contributed by atoms with Crippen LogP contribution in [0.25, 0.3) is 0 Å². The summed E-state index contributed by atoms with van der Waals surface area (Å²) in [6.07, 6.45) is 6.01. The molecule has 0 radical (unpaired) electrons. The number of carbonyl (C=O) groups is 1. The number of amides is 1. The number of halogens is 1. The van der Waals surface area contributed by atoms with E-state index in [0.29, 0.717) is 23.9 Å². The molecule has 3 aliphatic heterocycles. The van der Waals surface area contributed by atoms with E-state index in [-0.39, 0.29) is 23.4 Å². The summed E-state index contributed by atoms with van der Waals surface area (Å²) in [6, 6.07) is 5.66. The van der Waals surface area contributed by atoms with Crippen molar-refractivity contribution in [3.8, 4) is 0 Å². The van der Waals surface area contributed by atoms with Gasteiger partial charge in [0.2, 0.25) is 0 Å². The Hall–Kier alpha value is -2.25. The van der Waals surface area contributed by atoms with E-state index in [1.807, 2.05) is 6.20 Å². The molecule has 1 aromatic heterocycles. The van der Waals surface area contributed by atoms with Gasteiger partial charge in [-0.1, -0.05) is 0 Å². The monoisotopic (exact) mass is 370 g/mol. The van der Waals surface area contributed by atoms with Gasteiger partial charge in [-0.25, -0.2) is 9.37 Å². The molecule has 4 atom stereocenters. The number of carbonyl (C=O) groups excluding carboxylic acids is 1. The van der Waals surface area contributed by atoms with Crippen molar-refractivity contribution in [1.29, 1.82) is 0 Å². The van der Waals surface area contributed by atoms with Crippen LogP contribution in [0, 0.1) is 17.7 Å². The molecule has 0 saturated carbocycles. The van der Waals surface area contributed by atoms with Gasteiger partial charge < -0.3 is 15.0 Å². The van der Waals surface area contributed by atoms with Crippen LogP contribution in [-0.4, -0.2) is 52.1 Å². The van der Waals surface area contributed by atoms with Crippen LogP contribution in [0.3, 0.4) is 0 Å². The predicted octanol–water partition coefficient (Wildman–Crippen LogP) is 1.96. The van der Waals surface area contributed by atoms with E-state index in [0.717, 1.165) is 38.3 Å². The van der Waals surface area contributed by atoms with Gasteiger partial charge in [-0.15, -0.1) is 0 Å². The molecule has 3 fully saturated rings. The van der Waals surface area contributed by atoms with Gasteiger partial charge in [0, 0.05) is 49.4 Å². The standard InChI is InChI=1S/C20H23FN4O2/c21-14-3-1-13(2-4-14)19(26)24-9-15-16-10-25(11-18-22-7-8-23-18)12-20(16)6-5-17(15)27-20/h1-4,7-8,15-17H,5-6,9-12H2,(H,22,23)(H,24,26)/t15-,16+,17+,20+/m0/s1. The molecule has 1 amide bonds. The Kier molecular flexibility index (Phi) is 4.02. The Labute approximate surface area is 157 Å². The van der Waals surface area contributed by atoms with Crippen LogP contribution in [0.5, 0.6) is 0 Å². The van der Waals surface area contributed by atoms with E-state index >= 15 is 0 Å². The Morgan fingerprint density at radius 2 is 2.26 bits per heavy atom. The number of hydrogen-bond acceptors (Lipinski definition) is 4. The summed E-state index contributed by atoms with van der Waals surface area (Å²) >= 11 is 0. The number of H-pyrrole nitrogens is 1. The lowest BCUT2D eigenvalue weighted by Gasteiger charge is -2.29. The molecule has 4 heterocycles. The van der Waals surface area contributed by atoms with Crippen LogP contribution < -0.4 is 5.32 Å². The number of hydrogen-bond donors (Lipinski definition) is 2. The second-order valence-corrected chi connectivity index (χ2v) is 7.95. The lowest BCUT2D eigenvalue weighted by molar-refractivity contribution is 0.00196. The van der Waals surface area contributed by atoms with Crippen molar-refractivity contribution in [2.45, 2.75) is 31.1 Å². The van der Waals surface area contributed by atoms with Crippen LogP contribution in [0.4, 0.5) is 4.39 Å². The number of imidazole rings is 1. The summed E-state index contributed by atoms with van der Waals surface area (Å²) in [6.45, 7) is 3.29. The zero-order valence-corrected chi connectivity index (χ0v) is 15.0. The maximum Gasteiger partial charge on any atom is 0.251 e. The van der Waals surface area contributed by atoms with Crippen molar-refractivity contribution >= 4 is 5.91 Å². The van der Waals surface area contributed by atoms with Crippen LogP contribution in [0.15, 0.2) is 36.7 Å². The van der Waals surface area contributed by atoms with E-state index in [1.165, 1.54) is 24.3 Å². The van der Waals surface area contributed by atoms with E-state index in [1.54, 1.807) is 6.20 Å². The second kappa shape index (κ2) is 6.42. The highest BCUT2D eigenvalue weighted by molar-refractivity contribution is 5.94. The number of nitrogens with zero attached hydrogens (tertiary/aromatic N) is 2. The van der Waals surface area contributed by atoms with Crippen LogP contribution in [0.2, 0.25) is 0 Å². The smallest absolute Gasteiger partial charge is 0.251 e. The van der Waals surface area contributed by atoms with Crippen molar-refractivity contribution in [2.75, 3.05) is 19.6 Å². The molecule has 142 valence electrons. The van der Waals surface area contributed by atoms with Gasteiger partial charge >= 0.3 is 0 Å². The fourth-order valence-electron chi connectivity index (χ4n) is 5.19. The molecular formula is C20H23FN4O2. The zero-order chi connectivity index (χ0) is 18.4. The summed E-state index contributed by atoms with van der Waals surface area (Å²) in [7, 11) is 0. The minimum absolute atomic E-state index is 0.0669. The Bertz CT molecular complexity index is 825. The topological polar surface area (TPSA) is 70.2 Å². The number of ether oxygens (including phenoxy) is 1. The average Bonchev–Trinajstić information content (AvgIpc) is 3.42. The highest BCUT2D eigenvalue weighted by Crippen LogP contribution is 2.54. The molecule has 0 aliphatic carbocycles. The quantitative estimate of drug-likeness (QED) is 0.844. The predicted molar refractivity (Wildman–Crippen MR) is 96.4 cm³/mol. The van der Waals surface area contributed by atoms with E-state index in [2.05, 4.69) is 20.2 Å². The number of aromatic nitrogens is 2. The summed E-state index contributed by atoms with van der Waals surface area (Å²) in [5, 5.41) is 3.04. The van der Waals surface area contributed by atoms with Crippen molar-refractivity contribution in [3.63, 3.8) is 0 Å². The number of aromatic amines is 1. The van der Waals surface area contributed by atoms with Crippen LogP contribution in [0.1, 0.15) is 29.0 Å². The largest absolute Gasteiger partial charge is 0.370 e. The second-order valence-electron chi connectivity index (χ2n) is 7.95. The van der Waals surface area contributed by atoms with Gasteiger partial charge in [-0.3, -0.25) is 9.69 Å². The molecule has 2 bridgehead atoms. The van der Waals surface area contributed by atoms with Crippen molar-refractivity contribution < 1.29 is 13.9 Å². The lowest BCUT2D eigenvalue weighted by atomic mass is 9.73. The third-order valence-corrected chi connectivity index (χ3v) is 6.39. The van der Waals surface area contributed by atoms with Gasteiger partial charge in [-0.05, 0) is 37.1 Å². The maximum atomic E-state index is 13.0.